The third-order valence-corrected chi connectivity index (χ3v) is 5.89. The van der Waals surface area contributed by atoms with Gasteiger partial charge in [0.15, 0.2) is 0 Å². The molecule has 0 saturated heterocycles. The van der Waals surface area contributed by atoms with Crippen LogP contribution in [0.2, 0.25) is 0 Å². The lowest BCUT2D eigenvalue weighted by Gasteiger charge is -2.36. The Morgan fingerprint density at radius 2 is 1.89 bits per heavy atom. The van der Waals surface area contributed by atoms with E-state index in [9.17, 15) is 8.78 Å². The summed E-state index contributed by atoms with van der Waals surface area (Å²) in [4.78, 5) is 3.29. The minimum Gasteiger partial charge on any atom is -0.389 e. The topological polar surface area (TPSA) is 27.8 Å². The molecule has 4 heteroatoms. The number of allylic oxidation sites excluding steroid dienone is 1. The molecule has 28 heavy (non-hydrogen) atoms. The Balaban J connectivity index is 1.69. The van der Waals surface area contributed by atoms with Crippen molar-refractivity contribution in [1.82, 2.24) is 10.3 Å². The van der Waals surface area contributed by atoms with Crippen molar-refractivity contribution in [2.75, 3.05) is 6.54 Å². The van der Waals surface area contributed by atoms with E-state index in [0.717, 1.165) is 59.3 Å². The van der Waals surface area contributed by atoms with Crippen molar-refractivity contribution >= 4 is 10.9 Å². The van der Waals surface area contributed by atoms with E-state index in [1.807, 2.05) is 6.92 Å². The molecule has 2 N–H and O–H groups in total. The van der Waals surface area contributed by atoms with Gasteiger partial charge in [-0.15, -0.1) is 0 Å². The third-order valence-electron chi connectivity index (χ3n) is 5.89. The molecule has 4 rings (SSSR count). The van der Waals surface area contributed by atoms with Crippen LogP contribution in [0.5, 0.6) is 0 Å². The second-order valence-electron chi connectivity index (χ2n) is 7.96. The van der Waals surface area contributed by atoms with Gasteiger partial charge in [-0.3, -0.25) is 0 Å². The Kier molecular flexibility index (Phi) is 4.96. The Morgan fingerprint density at radius 3 is 2.57 bits per heavy atom. The highest BCUT2D eigenvalue weighted by Crippen LogP contribution is 2.48. The number of nitrogens with one attached hydrogen (secondary N) is 2. The zero-order valence-electron chi connectivity index (χ0n) is 16.4. The Hall–Kier alpha value is -2.62. The van der Waals surface area contributed by atoms with Crippen LogP contribution in [0.3, 0.4) is 0 Å². The van der Waals surface area contributed by atoms with Crippen LogP contribution < -0.4 is 5.32 Å². The van der Waals surface area contributed by atoms with E-state index in [-0.39, 0.29) is 11.6 Å². The van der Waals surface area contributed by atoms with E-state index in [4.69, 9.17) is 0 Å². The quantitative estimate of drug-likeness (QED) is 0.507. The zero-order chi connectivity index (χ0) is 19.8. The largest absolute Gasteiger partial charge is 0.389 e. The molecule has 0 unspecified atom stereocenters. The SMILES string of the molecule is C=C(CC)NCC1CC(c2c(-c3ccc(F)cc3)[nH]c3c(F)cc(C)cc23)C1. The molecule has 1 heterocycles. The van der Waals surface area contributed by atoms with Gasteiger partial charge in [0, 0.05) is 17.6 Å². The first-order valence-corrected chi connectivity index (χ1v) is 9.95. The lowest BCUT2D eigenvalue weighted by Crippen LogP contribution is -2.31. The van der Waals surface area contributed by atoms with E-state index in [1.54, 1.807) is 18.2 Å². The molecular weight excluding hydrogens is 354 g/mol. The molecule has 1 saturated carbocycles. The molecular formula is C24H26F2N2. The molecule has 146 valence electrons. The number of halogens is 2. The summed E-state index contributed by atoms with van der Waals surface area (Å²) in [7, 11) is 0. The summed E-state index contributed by atoms with van der Waals surface area (Å²) in [5, 5.41) is 4.35. The first-order chi connectivity index (χ1) is 13.5. The van der Waals surface area contributed by atoms with E-state index in [2.05, 4.69) is 29.9 Å². The van der Waals surface area contributed by atoms with Crippen molar-refractivity contribution in [1.29, 1.82) is 0 Å². The van der Waals surface area contributed by atoms with Gasteiger partial charge in [0.25, 0.3) is 0 Å². The van der Waals surface area contributed by atoms with Gasteiger partial charge < -0.3 is 10.3 Å². The molecule has 2 nitrogen and oxygen atoms in total. The normalized spacial score (nSPS) is 18.9. The van der Waals surface area contributed by atoms with Crippen molar-refractivity contribution in [3.05, 3.63) is 71.4 Å². The van der Waals surface area contributed by atoms with Crippen molar-refractivity contribution in [2.24, 2.45) is 5.92 Å². The maximum atomic E-state index is 14.6. The van der Waals surface area contributed by atoms with Crippen LogP contribution in [0.25, 0.3) is 22.2 Å². The predicted octanol–water partition coefficient (Wildman–Crippen LogP) is 6.43. The summed E-state index contributed by atoms with van der Waals surface area (Å²) < 4.78 is 28.0. The van der Waals surface area contributed by atoms with Crippen LogP contribution in [0.15, 0.2) is 48.7 Å². The second kappa shape index (κ2) is 7.42. The number of H-pyrrole nitrogens is 1. The fourth-order valence-electron chi connectivity index (χ4n) is 4.23. The van der Waals surface area contributed by atoms with Gasteiger partial charge in [0.05, 0.1) is 11.2 Å². The van der Waals surface area contributed by atoms with Gasteiger partial charge >= 0.3 is 0 Å². The molecule has 1 aliphatic carbocycles. The highest BCUT2D eigenvalue weighted by atomic mass is 19.1. The van der Waals surface area contributed by atoms with Gasteiger partial charge in [-0.05, 0) is 91.1 Å². The molecule has 1 aromatic heterocycles. The van der Waals surface area contributed by atoms with Gasteiger partial charge in [0.1, 0.15) is 11.6 Å². The average Bonchev–Trinajstić information content (AvgIpc) is 3.00. The van der Waals surface area contributed by atoms with E-state index >= 15 is 0 Å². The zero-order valence-corrected chi connectivity index (χ0v) is 16.4. The highest BCUT2D eigenvalue weighted by Gasteiger charge is 2.34. The first kappa shape index (κ1) is 18.7. The van der Waals surface area contributed by atoms with E-state index in [1.165, 1.54) is 12.1 Å². The van der Waals surface area contributed by atoms with Gasteiger partial charge in [-0.25, -0.2) is 8.78 Å². The first-order valence-electron chi connectivity index (χ1n) is 9.95. The third kappa shape index (κ3) is 3.44. The smallest absolute Gasteiger partial charge is 0.147 e. The number of hydrogen-bond donors (Lipinski definition) is 2. The monoisotopic (exact) mass is 380 g/mol. The number of rotatable bonds is 6. The van der Waals surface area contributed by atoms with Crippen LogP contribution in [0.4, 0.5) is 8.78 Å². The molecule has 0 spiro atoms. The standard InChI is InChI=1S/C24H26F2N2/c1-4-15(3)27-13-16-11-18(12-16)22-20-9-14(2)10-21(26)24(20)28-23(22)17-5-7-19(25)8-6-17/h5-10,16,18,27-28H,3-4,11-13H2,1-2H3. The van der Waals surface area contributed by atoms with Gasteiger partial charge in [0.2, 0.25) is 0 Å². The lowest BCUT2D eigenvalue weighted by atomic mass is 9.70. The predicted molar refractivity (Wildman–Crippen MR) is 111 cm³/mol. The van der Waals surface area contributed by atoms with Crippen LogP contribution in [-0.4, -0.2) is 11.5 Å². The molecule has 0 amide bonds. The fourth-order valence-corrected chi connectivity index (χ4v) is 4.23. The minimum atomic E-state index is -0.269. The summed E-state index contributed by atoms with van der Waals surface area (Å²) >= 11 is 0. The summed E-state index contributed by atoms with van der Waals surface area (Å²) in [6, 6.07) is 10.0. The van der Waals surface area contributed by atoms with Gasteiger partial charge in [-0.1, -0.05) is 13.5 Å². The molecule has 1 aliphatic rings. The average molecular weight is 380 g/mol. The number of aromatic nitrogens is 1. The number of aryl methyl sites for hydroxylation is 1. The molecule has 3 aromatic rings. The number of benzene rings is 2. The molecule has 0 atom stereocenters. The van der Waals surface area contributed by atoms with E-state index in [0.29, 0.717) is 17.4 Å². The van der Waals surface area contributed by atoms with Crippen molar-refractivity contribution in [3.8, 4) is 11.3 Å². The lowest BCUT2D eigenvalue weighted by molar-refractivity contribution is 0.261. The molecule has 2 aromatic carbocycles. The molecule has 0 bridgehead atoms. The highest BCUT2D eigenvalue weighted by molar-refractivity contribution is 5.92. The van der Waals surface area contributed by atoms with Crippen LogP contribution in [0.1, 0.15) is 43.2 Å². The van der Waals surface area contributed by atoms with E-state index < -0.39 is 0 Å². The minimum absolute atomic E-state index is 0.235. The van der Waals surface area contributed by atoms with Crippen molar-refractivity contribution in [3.63, 3.8) is 0 Å². The van der Waals surface area contributed by atoms with Crippen LogP contribution in [-0.2, 0) is 0 Å². The Labute approximate surface area is 164 Å². The van der Waals surface area contributed by atoms with Gasteiger partial charge in [-0.2, -0.15) is 0 Å². The number of hydrogen-bond acceptors (Lipinski definition) is 1. The van der Waals surface area contributed by atoms with Crippen molar-refractivity contribution < 1.29 is 8.78 Å². The van der Waals surface area contributed by atoms with Crippen LogP contribution in [0, 0.1) is 24.5 Å². The Bertz CT molecular complexity index is 1010. The summed E-state index contributed by atoms with van der Waals surface area (Å²) in [5.41, 5.74) is 5.49. The number of aromatic amines is 1. The maximum absolute atomic E-state index is 14.6. The second-order valence-corrected chi connectivity index (χ2v) is 7.96. The molecule has 1 fully saturated rings. The summed E-state index contributed by atoms with van der Waals surface area (Å²) in [6.45, 7) is 8.95. The maximum Gasteiger partial charge on any atom is 0.147 e. The van der Waals surface area contributed by atoms with Crippen molar-refractivity contribution in [2.45, 2.75) is 39.0 Å². The number of fused-ring (bicyclic) bond motifs is 1. The molecule has 0 aliphatic heterocycles. The van der Waals surface area contributed by atoms with Crippen LogP contribution >= 0.6 is 0 Å². The summed E-state index contributed by atoms with van der Waals surface area (Å²) in [5.74, 6) is 0.460. The summed E-state index contributed by atoms with van der Waals surface area (Å²) in [6.07, 6.45) is 3.05. The molecule has 0 radical (unpaired) electrons. The fraction of sp³-hybridized carbons (Fsp3) is 0.333. The Morgan fingerprint density at radius 1 is 1.18 bits per heavy atom.